The molecule has 0 bridgehead atoms. The first-order valence-electron chi connectivity index (χ1n) is 7.09. The third-order valence-corrected chi connectivity index (χ3v) is 4.64. The third-order valence-electron chi connectivity index (χ3n) is 3.66. The van der Waals surface area contributed by atoms with E-state index in [1.54, 1.807) is 12.1 Å². The van der Waals surface area contributed by atoms with Crippen LogP contribution in [0, 0.1) is 19.7 Å². The second-order valence-electron chi connectivity index (χ2n) is 5.27. The molecule has 1 aromatic carbocycles. The molecule has 2 unspecified atom stereocenters. The molecule has 0 saturated heterocycles. The Hall–Kier alpha value is -1.19. The molecule has 0 radical (unpaired) electrons. The molecule has 1 N–H and O–H groups in total. The zero-order valence-corrected chi connectivity index (χ0v) is 13.4. The van der Waals surface area contributed by atoms with Crippen molar-refractivity contribution in [2.24, 2.45) is 0 Å². The fraction of sp³-hybridized carbons (Fsp3) is 0.412. The number of hydrogen-bond donors (Lipinski definition) is 1. The molecule has 2 atom stereocenters. The molecular weight excluding hydrogens is 269 g/mol. The van der Waals surface area contributed by atoms with Gasteiger partial charge in [0.25, 0.3) is 0 Å². The number of aryl methyl sites for hydroxylation is 2. The summed E-state index contributed by atoms with van der Waals surface area (Å²) in [4.78, 5) is 2.70. The third kappa shape index (κ3) is 3.47. The molecule has 20 heavy (non-hydrogen) atoms. The zero-order valence-electron chi connectivity index (χ0n) is 12.5. The first-order chi connectivity index (χ1) is 9.51. The number of hydrogen-bond acceptors (Lipinski definition) is 2. The summed E-state index contributed by atoms with van der Waals surface area (Å²) in [6, 6.07) is 9.58. The van der Waals surface area contributed by atoms with E-state index in [0.717, 1.165) is 12.0 Å². The second kappa shape index (κ2) is 6.51. The Morgan fingerprint density at radius 3 is 2.55 bits per heavy atom. The normalized spacial score (nSPS) is 14.2. The van der Waals surface area contributed by atoms with Gasteiger partial charge >= 0.3 is 0 Å². The van der Waals surface area contributed by atoms with Crippen molar-refractivity contribution in [3.63, 3.8) is 0 Å². The van der Waals surface area contributed by atoms with Crippen molar-refractivity contribution in [1.29, 1.82) is 0 Å². The van der Waals surface area contributed by atoms with Crippen molar-refractivity contribution in [1.82, 2.24) is 5.32 Å². The summed E-state index contributed by atoms with van der Waals surface area (Å²) in [6.07, 6.45) is 0.940. The molecular formula is C17H22FNS. The van der Waals surface area contributed by atoms with Gasteiger partial charge in [0.1, 0.15) is 5.82 Å². The predicted octanol–water partition coefficient (Wildman–Crippen LogP) is 5.31. The summed E-state index contributed by atoms with van der Waals surface area (Å²) in [7, 11) is 0. The van der Waals surface area contributed by atoms with Gasteiger partial charge in [-0.2, -0.15) is 0 Å². The number of benzene rings is 1. The molecule has 3 heteroatoms. The van der Waals surface area contributed by atoms with Crippen LogP contribution < -0.4 is 5.32 Å². The molecule has 0 fully saturated rings. The SMILES string of the molecule is CCC(NC(C)c1cc(C)sc1C)c1cccc(F)c1. The van der Waals surface area contributed by atoms with E-state index < -0.39 is 0 Å². The maximum atomic E-state index is 13.4. The van der Waals surface area contributed by atoms with Gasteiger partial charge < -0.3 is 5.32 Å². The fourth-order valence-electron chi connectivity index (χ4n) is 2.65. The van der Waals surface area contributed by atoms with Gasteiger partial charge in [0, 0.05) is 21.8 Å². The Balaban J connectivity index is 2.16. The summed E-state index contributed by atoms with van der Waals surface area (Å²) >= 11 is 1.83. The van der Waals surface area contributed by atoms with E-state index in [0.29, 0.717) is 0 Å². The topological polar surface area (TPSA) is 12.0 Å². The van der Waals surface area contributed by atoms with Crippen molar-refractivity contribution in [2.45, 2.75) is 46.2 Å². The van der Waals surface area contributed by atoms with Gasteiger partial charge in [0.2, 0.25) is 0 Å². The lowest BCUT2D eigenvalue weighted by Gasteiger charge is -2.23. The standard InChI is InChI=1S/C17H22FNS/c1-5-17(14-7-6-8-15(18)10-14)19-12(3)16-9-11(2)20-13(16)4/h6-10,12,17,19H,5H2,1-4H3. The molecule has 0 amide bonds. The van der Waals surface area contributed by atoms with Gasteiger partial charge in [-0.15, -0.1) is 11.3 Å². The van der Waals surface area contributed by atoms with Crippen molar-refractivity contribution in [3.05, 3.63) is 57.0 Å². The summed E-state index contributed by atoms with van der Waals surface area (Å²) in [5, 5.41) is 3.62. The van der Waals surface area contributed by atoms with Crippen molar-refractivity contribution in [3.8, 4) is 0 Å². The van der Waals surface area contributed by atoms with Gasteiger partial charge in [0.15, 0.2) is 0 Å². The van der Waals surface area contributed by atoms with Crippen LogP contribution in [-0.2, 0) is 0 Å². The van der Waals surface area contributed by atoms with Crippen LogP contribution in [0.4, 0.5) is 4.39 Å². The Labute approximate surface area is 124 Å². The minimum Gasteiger partial charge on any atom is -0.303 e. The minimum absolute atomic E-state index is 0.169. The van der Waals surface area contributed by atoms with E-state index in [1.807, 2.05) is 17.4 Å². The summed E-state index contributed by atoms with van der Waals surface area (Å²) in [5.74, 6) is -0.169. The zero-order chi connectivity index (χ0) is 14.7. The van der Waals surface area contributed by atoms with Crippen molar-refractivity contribution < 1.29 is 4.39 Å². The molecule has 0 aliphatic rings. The van der Waals surface area contributed by atoms with E-state index >= 15 is 0 Å². The van der Waals surface area contributed by atoms with Gasteiger partial charge in [-0.25, -0.2) is 4.39 Å². The van der Waals surface area contributed by atoms with E-state index in [-0.39, 0.29) is 17.9 Å². The number of nitrogens with one attached hydrogen (secondary N) is 1. The van der Waals surface area contributed by atoms with Gasteiger partial charge in [-0.3, -0.25) is 0 Å². The maximum Gasteiger partial charge on any atom is 0.123 e. The Kier molecular flexibility index (Phi) is 4.95. The van der Waals surface area contributed by atoms with Crippen LogP contribution >= 0.6 is 11.3 Å². The van der Waals surface area contributed by atoms with Crippen LogP contribution in [0.2, 0.25) is 0 Å². The van der Waals surface area contributed by atoms with Crippen LogP contribution in [0.1, 0.15) is 53.2 Å². The summed E-state index contributed by atoms with van der Waals surface area (Å²) in [5.41, 5.74) is 2.37. The number of halogens is 1. The van der Waals surface area contributed by atoms with E-state index in [9.17, 15) is 4.39 Å². The first-order valence-corrected chi connectivity index (χ1v) is 7.91. The Morgan fingerprint density at radius 2 is 2.00 bits per heavy atom. The first kappa shape index (κ1) is 15.2. The molecule has 0 aliphatic carbocycles. The Bertz CT molecular complexity index is 576. The highest BCUT2D eigenvalue weighted by molar-refractivity contribution is 7.12. The highest BCUT2D eigenvalue weighted by Crippen LogP contribution is 2.29. The van der Waals surface area contributed by atoms with Crippen LogP contribution in [0.5, 0.6) is 0 Å². The summed E-state index contributed by atoms with van der Waals surface area (Å²) < 4.78 is 13.4. The highest BCUT2D eigenvalue weighted by Gasteiger charge is 2.16. The average molecular weight is 291 g/mol. The second-order valence-corrected chi connectivity index (χ2v) is 6.73. The van der Waals surface area contributed by atoms with Crippen molar-refractivity contribution >= 4 is 11.3 Å². The molecule has 2 rings (SSSR count). The fourth-order valence-corrected chi connectivity index (χ4v) is 3.67. The van der Waals surface area contributed by atoms with Gasteiger partial charge in [-0.05, 0) is 56.5 Å². The lowest BCUT2D eigenvalue weighted by molar-refractivity contribution is 0.454. The van der Waals surface area contributed by atoms with Crippen molar-refractivity contribution in [2.75, 3.05) is 0 Å². The largest absolute Gasteiger partial charge is 0.303 e. The average Bonchev–Trinajstić information content (AvgIpc) is 2.75. The van der Waals surface area contributed by atoms with Gasteiger partial charge in [0.05, 0.1) is 0 Å². The monoisotopic (exact) mass is 291 g/mol. The summed E-state index contributed by atoms with van der Waals surface area (Å²) in [6.45, 7) is 8.60. The van der Waals surface area contributed by atoms with Crippen LogP contribution in [0.15, 0.2) is 30.3 Å². The smallest absolute Gasteiger partial charge is 0.123 e. The lowest BCUT2D eigenvalue weighted by Crippen LogP contribution is -2.24. The molecule has 108 valence electrons. The lowest BCUT2D eigenvalue weighted by atomic mass is 10.0. The molecule has 1 heterocycles. The maximum absolute atomic E-state index is 13.4. The molecule has 1 aromatic heterocycles. The van der Waals surface area contributed by atoms with E-state index in [1.165, 1.54) is 21.4 Å². The highest BCUT2D eigenvalue weighted by atomic mass is 32.1. The molecule has 2 aromatic rings. The van der Waals surface area contributed by atoms with Crippen LogP contribution in [0.3, 0.4) is 0 Å². The van der Waals surface area contributed by atoms with Crippen LogP contribution in [-0.4, -0.2) is 0 Å². The molecule has 1 nitrogen and oxygen atoms in total. The van der Waals surface area contributed by atoms with Crippen LogP contribution in [0.25, 0.3) is 0 Å². The molecule has 0 saturated carbocycles. The number of rotatable bonds is 5. The van der Waals surface area contributed by atoms with E-state index in [2.05, 4.69) is 39.1 Å². The minimum atomic E-state index is -0.169. The predicted molar refractivity (Wildman–Crippen MR) is 84.8 cm³/mol. The quantitative estimate of drug-likeness (QED) is 0.787. The Morgan fingerprint density at radius 1 is 1.25 bits per heavy atom. The number of thiophene rings is 1. The molecule has 0 spiro atoms. The van der Waals surface area contributed by atoms with E-state index in [4.69, 9.17) is 0 Å². The molecule has 0 aliphatic heterocycles. The van der Waals surface area contributed by atoms with Gasteiger partial charge in [-0.1, -0.05) is 19.1 Å².